The van der Waals surface area contributed by atoms with Crippen molar-refractivity contribution in [1.29, 1.82) is 0 Å². The molecule has 2 aromatic rings. The van der Waals surface area contributed by atoms with Gasteiger partial charge in [-0.2, -0.15) is 0 Å². The van der Waals surface area contributed by atoms with E-state index in [9.17, 15) is 0 Å². The second-order valence-electron chi connectivity index (χ2n) is 5.93. The highest BCUT2D eigenvalue weighted by Gasteiger charge is 2.14. The van der Waals surface area contributed by atoms with Gasteiger partial charge in [0.1, 0.15) is 6.33 Å². The van der Waals surface area contributed by atoms with E-state index < -0.39 is 0 Å². The molecule has 5 nitrogen and oxygen atoms in total. The second kappa shape index (κ2) is 8.14. The standard InChI is InChI=1S/C16H19Cl2N5S/c17-12-7-6-11(14(18)8-12)9-23-10-19-15(22-23)21-16(24)20-13-4-2-1-3-5-13/h6-8,10,13H,1-5,9H2,(H2,20,21,22,24). The number of aromatic nitrogens is 3. The first kappa shape index (κ1) is 17.5. The SMILES string of the molecule is S=C(Nc1ncn(Cc2ccc(Cl)cc2Cl)n1)NC1CCCCC1. The highest BCUT2D eigenvalue weighted by molar-refractivity contribution is 7.80. The Kier molecular flexibility index (Phi) is 5.92. The summed E-state index contributed by atoms with van der Waals surface area (Å²) in [7, 11) is 0. The molecular weight excluding hydrogens is 365 g/mol. The van der Waals surface area contributed by atoms with Crippen LogP contribution in [0.1, 0.15) is 37.7 Å². The van der Waals surface area contributed by atoms with Crippen LogP contribution in [0, 0.1) is 0 Å². The van der Waals surface area contributed by atoms with Crippen LogP contribution in [0.5, 0.6) is 0 Å². The number of hydrogen-bond donors (Lipinski definition) is 2. The van der Waals surface area contributed by atoms with E-state index in [1.54, 1.807) is 17.1 Å². The third-order valence-electron chi connectivity index (χ3n) is 4.05. The second-order valence-corrected chi connectivity index (χ2v) is 7.19. The zero-order chi connectivity index (χ0) is 16.9. The van der Waals surface area contributed by atoms with Crippen molar-refractivity contribution in [2.24, 2.45) is 0 Å². The molecule has 0 unspecified atom stereocenters. The van der Waals surface area contributed by atoms with Gasteiger partial charge >= 0.3 is 0 Å². The minimum Gasteiger partial charge on any atom is -0.360 e. The van der Waals surface area contributed by atoms with Crippen molar-refractivity contribution in [3.8, 4) is 0 Å². The average molecular weight is 384 g/mol. The summed E-state index contributed by atoms with van der Waals surface area (Å²) in [5.74, 6) is 0.480. The lowest BCUT2D eigenvalue weighted by Crippen LogP contribution is -2.39. The monoisotopic (exact) mass is 383 g/mol. The summed E-state index contributed by atoms with van der Waals surface area (Å²) in [5.41, 5.74) is 0.931. The van der Waals surface area contributed by atoms with E-state index in [2.05, 4.69) is 20.7 Å². The highest BCUT2D eigenvalue weighted by atomic mass is 35.5. The maximum atomic E-state index is 6.19. The van der Waals surface area contributed by atoms with Crippen LogP contribution in [0.4, 0.5) is 5.95 Å². The van der Waals surface area contributed by atoms with Gasteiger partial charge < -0.3 is 5.32 Å². The lowest BCUT2D eigenvalue weighted by molar-refractivity contribution is 0.414. The van der Waals surface area contributed by atoms with E-state index >= 15 is 0 Å². The Morgan fingerprint density at radius 1 is 1.25 bits per heavy atom. The van der Waals surface area contributed by atoms with Crippen LogP contribution < -0.4 is 10.6 Å². The molecule has 0 radical (unpaired) electrons. The van der Waals surface area contributed by atoms with Gasteiger partial charge in [-0.15, -0.1) is 5.10 Å². The lowest BCUT2D eigenvalue weighted by Gasteiger charge is -2.23. The minimum absolute atomic E-state index is 0.453. The number of nitrogens with one attached hydrogen (secondary N) is 2. The zero-order valence-corrected chi connectivity index (χ0v) is 15.5. The first-order valence-electron chi connectivity index (χ1n) is 8.01. The van der Waals surface area contributed by atoms with Crippen LogP contribution >= 0.6 is 35.4 Å². The van der Waals surface area contributed by atoms with Gasteiger partial charge in [-0.25, -0.2) is 9.67 Å². The van der Waals surface area contributed by atoms with Crippen molar-refractivity contribution in [3.05, 3.63) is 40.1 Å². The van der Waals surface area contributed by atoms with Crippen molar-refractivity contribution in [2.45, 2.75) is 44.7 Å². The van der Waals surface area contributed by atoms with Crippen LogP contribution in [0.2, 0.25) is 10.0 Å². The molecule has 0 bridgehead atoms. The summed E-state index contributed by atoms with van der Waals surface area (Å²) in [4.78, 5) is 4.24. The molecule has 0 saturated heterocycles. The maximum absolute atomic E-state index is 6.19. The van der Waals surface area contributed by atoms with E-state index in [0.717, 1.165) is 5.56 Å². The molecule has 1 saturated carbocycles. The zero-order valence-electron chi connectivity index (χ0n) is 13.1. The predicted octanol–water partition coefficient (Wildman–Crippen LogP) is 4.25. The molecule has 1 aromatic heterocycles. The van der Waals surface area contributed by atoms with Gasteiger partial charge in [0.2, 0.25) is 5.95 Å². The normalized spacial score (nSPS) is 15.2. The van der Waals surface area contributed by atoms with Crippen LogP contribution in [0.25, 0.3) is 0 Å². The summed E-state index contributed by atoms with van der Waals surface area (Å²) in [6, 6.07) is 5.86. The fourth-order valence-electron chi connectivity index (χ4n) is 2.82. The van der Waals surface area contributed by atoms with Crippen LogP contribution in [-0.2, 0) is 6.54 Å². The maximum Gasteiger partial charge on any atom is 0.248 e. The molecule has 8 heteroatoms. The smallest absolute Gasteiger partial charge is 0.248 e. The molecule has 1 fully saturated rings. The van der Waals surface area contributed by atoms with Crippen molar-refractivity contribution in [1.82, 2.24) is 20.1 Å². The number of rotatable bonds is 4. The van der Waals surface area contributed by atoms with Crippen LogP contribution in [-0.4, -0.2) is 25.9 Å². The van der Waals surface area contributed by atoms with Crippen molar-refractivity contribution < 1.29 is 0 Å². The van der Waals surface area contributed by atoms with Gasteiger partial charge in [-0.1, -0.05) is 48.5 Å². The molecule has 1 heterocycles. The topological polar surface area (TPSA) is 54.8 Å². The van der Waals surface area contributed by atoms with Crippen LogP contribution in [0.15, 0.2) is 24.5 Å². The Morgan fingerprint density at radius 3 is 2.79 bits per heavy atom. The number of halogens is 2. The van der Waals surface area contributed by atoms with Gasteiger partial charge in [0.15, 0.2) is 5.11 Å². The van der Waals surface area contributed by atoms with Crippen molar-refractivity contribution >= 4 is 46.5 Å². The van der Waals surface area contributed by atoms with E-state index in [1.165, 1.54) is 32.1 Å². The summed E-state index contributed by atoms with van der Waals surface area (Å²) >= 11 is 17.4. The quantitative estimate of drug-likeness (QED) is 0.772. The van der Waals surface area contributed by atoms with Crippen molar-refractivity contribution in [3.63, 3.8) is 0 Å². The number of anilines is 1. The Morgan fingerprint density at radius 2 is 2.04 bits per heavy atom. The molecule has 1 aliphatic carbocycles. The van der Waals surface area contributed by atoms with Gasteiger partial charge in [0, 0.05) is 16.1 Å². The average Bonchev–Trinajstić information content (AvgIpc) is 2.98. The summed E-state index contributed by atoms with van der Waals surface area (Å²) in [6.45, 7) is 0.521. The summed E-state index contributed by atoms with van der Waals surface area (Å²) in [5, 5.41) is 12.6. The molecule has 3 rings (SSSR count). The van der Waals surface area contributed by atoms with Crippen LogP contribution in [0.3, 0.4) is 0 Å². The van der Waals surface area contributed by atoms with Crippen molar-refractivity contribution in [2.75, 3.05) is 5.32 Å². The van der Waals surface area contributed by atoms with E-state index in [0.29, 0.717) is 33.7 Å². The van der Waals surface area contributed by atoms with Gasteiger partial charge in [-0.3, -0.25) is 5.32 Å². The van der Waals surface area contributed by atoms with E-state index in [4.69, 9.17) is 35.4 Å². The third-order valence-corrected chi connectivity index (χ3v) is 4.86. The van der Waals surface area contributed by atoms with Gasteiger partial charge in [-0.05, 0) is 42.8 Å². The Balaban J connectivity index is 1.55. The molecule has 0 aliphatic heterocycles. The molecule has 24 heavy (non-hydrogen) atoms. The summed E-state index contributed by atoms with van der Waals surface area (Å²) < 4.78 is 1.71. The first-order chi connectivity index (χ1) is 11.6. The third kappa shape index (κ3) is 4.82. The fraction of sp³-hybridized carbons (Fsp3) is 0.438. The van der Waals surface area contributed by atoms with Gasteiger partial charge in [0.25, 0.3) is 0 Å². The first-order valence-corrected chi connectivity index (χ1v) is 9.17. The van der Waals surface area contributed by atoms with E-state index in [1.807, 2.05) is 12.1 Å². The number of hydrogen-bond acceptors (Lipinski definition) is 3. The molecule has 1 aliphatic rings. The minimum atomic E-state index is 0.453. The predicted molar refractivity (Wildman–Crippen MR) is 102 cm³/mol. The molecule has 2 N–H and O–H groups in total. The molecule has 1 aromatic carbocycles. The molecule has 0 atom stereocenters. The number of benzene rings is 1. The Bertz CT molecular complexity index is 712. The molecule has 0 spiro atoms. The lowest BCUT2D eigenvalue weighted by atomic mass is 9.96. The fourth-order valence-corrected chi connectivity index (χ4v) is 3.55. The highest BCUT2D eigenvalue weighted by Crippen LogP contribution is 2.21. The number of nitrogens with zero attached hydrogens (tertiary/aromatic N) is 3. The summed E-state index contributed by atoms with van der Waals surface area (Å²) in [6.07, 6.45) is 7.82. The molecule has 128 valence electrons. The van der Waals surface area contributed by atoms with Gasteiger partial charge in [0.05, 0.1) is 6.54 Å². The Labute approximate surface area is 156 Å². The molecule has 0 amide bonds. The molecular formula is C16H19Cl2N5S. The largest absolute Gasteiger partial charge is 0.360 e. The Hall–Kier alpha value is -1.37. The number of thiocarbonyl (C=S) groups is 1. The van der Waals surface area contributed by atoms with E-state index in [-0.39, 0.29) is 0 Å².